The van der Waals surface area contributed by atoms with E-state index in [2.05, 4.69) is 5.32 Å². The number of nitrogens with one attached hydrogen (secondary N) is 1. The van der Waals surface area contributed by atoms with Gasteiger partial charge in [-0.2, -0.15) is 4.73 Å². The summed E-state index contributed by atoms with van der Waals surface area (Å²) in [6, 6.07) is 17.9. The van der Waals surface area contributed by atoms with E-state index in [1.807, 2.05) is 30.3 Å². The van der Waals surface area contributed by atoms with Gasteiger partial charge in [0.2, 0.25) is 0 Å². The molecule has 5 heterocycles. The second-order valence-electron chi connectivity index (χ2n) is 13.1. The zero-order valence-electron chi connectivity index (χ0n) is 28.4. The summed E-state index contributed by atoms with van der Waals surface area (Å²) in [6.07, 6.45) is 2.67. The molecule has 2 bridgehead atoms. The first-order chi connectivity index (χ1) is 24.4. The maximum absolute atomic E-state index is 13.9. The molecule has 0 spiro atoms. The van der Waals surface area contributed by atoms with Crippen LogP contribution < -0.4 is 19.5 Å². The van der Waals surface area contributed by atoms with Gasteiger partial charge in [-0.25, -0.2) is 9.59 Å². The summed E-state index contributed by atoms with van der Waals surface area (Å²) in [5.74, 6) is 0.0826. The number of methoxy groups -OCH3 is 2. The number of fused-ring (bicyclic) bond motifs is 3. The lowest BCUT2D eigenvalue weighted by Crippen LogP contribution is -2.62. The average Bonchev–Trinajstić information content (AvgIpc) is 3.61. The maximum Gasteiger partial charge on any atom is 0.348 e. The number of hydroxylamine groups is 3. The third-order valence-corrected chi connectivity index (χ3v) is 11.5. The van der Waals surface area contributed by atoms with Crippen LogP contribution in [0.5, 0.6) is 11.5 Å². The Bertz CT molecular complexity index is 1860. The van der Waals surface area contributed by atoms with Gasteiger partial charge >= 0.3 is 11.9 Å². The molecule has 2 unspecified atom stereocenters. The number of quaternary nitrogens is 1. The number of aromatic nitrogens is 1. The van der Waals surface area contributed by atoms with Gasteiger partial charge in [0.1, 0.15) is 33.1 Å². The number of ether oxygens (including phenoxy) is 4. The van der Waals surface area contributed by atoms with Crippen LogP contribution in [0.2, 0.25) is 10.0 Å². The minimum atomic E-state index is -1.22. The van der Waals surface area contributed by atoms with Crippen LogP contribution in [0.1, 0.15) is 57.1 Å². The van der Waals surface area contributed by atoms with E-state index in [1.54, 1.807) is 37.3 Å². The number of carbonyl (C=O) groups is 2. The molecule has 3 atom stereocenters. The van der Waals surface area contributed by atoms with Crippen molar-refractivity contribution in [2.75, 3.05) is 33.9 Å². The van der Waals surface area contributed by atoms with E-state index in [0.717, 1.165) is 23.3 Å². The second-order valence-corrected chi connectivity index (χ2v) is 15.1. The van der Waals surface area contributed by atoms with Crippen LogP contribution in [-0.2, 0) is 32.8 Å². The Hall–Kier alpha value is -3.91. The van der Waals surface area contributed by atoms with Crippen LogP contribution in [0.3, 0.4) is 0 Å². The molecule has 1 N–H and O–H groups in total. The molecule has 0 aliphatic carbocycles. The fraction of sp³-hybridized carbons (Fsp3) is 0.378. The summed E-state index contributed by atoms with van der Waals surface area (Å²) in [7, 11) is 3.03. The number of piperidine rings is 3. The van der Waals surface area contributed by atoms with Crippen LogP contribution in [0, 0.1) is 16.3 Å². The van der Waals surface area contributed by atoms with E-state index in [-0.39, 0.29) is 40.1 Å². The molecule has 3 fully saturated rings. The molecule has 2 aromatic heterocycles. The third-order valence-electron chi connectivity index (χ3n) is 9.83. The summed E-state index contributed by atoms with van der Waals surface area (Å²) in [4.78, 5) is 28.7. The lowest BCUT2D eigenvalue weighted by molar-refractivity contribution is -0.900. The van der Waals surface area contributed by atoms with Crippen molar-refractivity contribution in [3.05, 3.63) is 120 Å². The van der Waals surface area contributed by atoms with Gasteiger partial charge in [0.15, 0.2) is 30.0 Å². The number of esters is 2. The van der Waals surface area contributed by atoms with Crippen molar-refractivity contribution in [1.82, 2.24) is 5.32 Å². The second kappa shape index (κ2) is 15.4. The summed E-state index contributed by atoms with van der Waals surface area (Å²) < 4.78 is 23.2. The van der Waals surface area contributed by atoms with Gasteiger partial charge in [-0.05, 0) is 42.3 Å². The molecule has 2 aromatic carbocycles. The Balaban J connectivity index is 1.20. The van der Waals surface area contributed by atoms with Crippen LogP contribution in [0.15, 0.2) is 73.1 Å². The highest BCUT2D eigenvalue weighted by atomic mass is 35.5. The molecule has 4 aromatic rings. The van der Waals surface area contributed by atoms with Crippen molar-refractivity contribution in [1.29, 1.82) is 0 Å². The average molecular weight is 757 g/mol. The van der Waals surface area contributed by atoms with Gasteiger partial charge in [0.05, 0.1) is 27.3 Å². The number of hydrogen-bond donors (Lipinski definition) is 1. The van der Waals surface area contributed by atoms with Crippen molar-refractivity contribution in [2.24, 2.45) is 5.92 Å². The highest BCUT2D eigenvalue weighted by Gasteiger charge is 2.46. The summed E-state index contributed by atoms with van der Waals surface area (Å²) in [5, 5.41) is 28.5. The predicted molar refractivity (Wildman–Crippen MR) is 193 cm³/mol. The van der Waals surface area contributed by atoms with Gasteiger partial charge in [0.25, 0.3) is 0 Å². The third kappa shape index (κ3) is 8.11. The molecule has 0 saturated carbocycles. The number of nitrogens with zero attached hydrogens (tertiary/aromatic N) is 2. The molecule has 14 heteroatoms. The molecule has 51 heavy (non-hydrogen) atoms. The largest absolute Gasteiger partial charge is 0.633 e. The fourth-order valence-corrected chi connectivity index (χ4v) is 8.20. The minimum Gasteiger partial charge on any atom is -0.633 e. The smallest absolute Gasteiger partial charge is 0.348 e. The lowest BCUT2D eigenvalue weighted by atomic mass is 9.84. The van der Waals surface area contributed by atoms with Crippen molar-refractivity contribution in [2.45, 2.75) is 50.5 Å². The number of carbonyl (C=O) groups excluding carboxylic acids is 2. The predicted octanol–water partition coefficient (Wildman–Crippen LogP) is 6.50. The molecule has 270 valence electrons. The quantitative estimate of drug-likeness (QED) is 0.0703. The SMILES string of the molecule is COc1ccc(C(Cc2c(Cl)c[n+]([O-])cc2Cl)OC(=O)c2ccc(CNC(C)(C(=O)O[C@H]3C[N+]4([O-])CCC3CC4)c3ccccc3)s2)cc1OC. The molecular weight excluding hydrogens is 717 g/mol. The van der Waals surface area contributed by atoms with Crippen molar-refractivity contribution in [3.63, 3.8) is 0 Å². The molecule has 0 radical (unpaired) electrons. The molecule has 3 aliphatic heterocycles. The number of thiophene rings is 1. The Morgan fingerprint density at radius 1 is 1.02 bits per heavy atom. The molecule has 0 amide bonds. The monoisotopic (exact) mass is 755 g/mol. The number of halogens is 2. The maximum atomic E-state index is 13.9. The Labute approximate surface area is 310 Å². The highest BCUT2D eigenvalue weighted by molar-refractivity contribution is 7.13. The first-order valence-corrected chi connectivity index (χ1v) is 18.2. The van der Waals surface area contributed by atoms with E-state index < -0.39 is 29.7 Å². The molecule has 7 rings (SSSR count). The fourth-order valence-electron chi connectivity index (χ4n) is 6.77. The van der Waals surface area contributed by atoms with Crippen molar-refractivity contribution < 1.29 is 37.9 Å². The van der Waals surface area contributed by atoms with E-state index in [4.69, 9.17) is 42.1 Å². The molecular formula is C37H39Cl2N3O8S. The number of hydrogen-bond acceptors (Lipinski definition) is 10. The summed E-state index contributed by atoms with van der Waals surface area (Å²) in [5.41, 5.74) is 0.528. The lowest BCUT2D eigenvalue weighted by Gasteiger charge is -2.55. The van der Waals surface area contributed by atoms with E-state index >= 15 is 0 Å². The molecule has 11 nitrogen and oxygen atoms in total. The summed E-state index contributed by atoms with van der Waals surface area (Å²) >= 11 is 14.0. The first-order valence-electron chi connectivity index (χ1n) is 16.6. The number of pyridine rings is 1. The van der Waals surface area contributed by atoms with E-state index in [0.29, 0.717) is 45.3 Å². The zero-order chi connectivity index (χ0) is 36.3. The topological polar surface area (TPSA) is 133 Å². The van der Waals surface area contributed by atoms with Crippen LogP contribution in [0.4, 0.5) is 0 Å². The van der Waals surface area contributed by atoms with Gasteiger partial charge < -0.3 is 34.0 Å². The van der Waals surface area contributed by atoms with E-state index in [1.165, 1.54) is 38.0 Å². The number of rotatable bonds is 13. The van der Waals surface area contributed by atoms with E-state index in [9.17, 15) is 20.0 Å². The highest BCUT2D eigenvalue weighted by Crippen LogP contribution is 2.38. The number of benzene rings is 2. The van der Waals surface area contributed by atoms with Gasteiger partial charge in [-0.15, -0.1) is 11.3 Å². The van der Waals surface area contributed by atoms with Gasteiger partial charge in [0, 0.05) is 42.2 Å². The first kappa shape index (κ1) is 36.9. The molecule has 3 aliphatic rings. The zero-order valence-corrected chi connectivity index (χ0v) is 30.8. The Kier molecular flexibility index (Phi) is 11.1. The Morgan fingerprint density at radius 3 is 2.35 bits per heavy atom. The van der Waals surface area contributed by atoms with Crippen LogP contribution in [0.25, 0.3) is 0 Å². The van der Waals surface area contributed by atoms with Crippen molar-refractivity contribution in [3.8, 4) is 11.5 Å². The van der Waals surface area contributed by atoms with Crippen LogP contribution in [-0.4, -0.2) is 56.5 Å². The van der Waals surface area contributed by atoms with Gasteiger partial charge in [-0.1, -0.05) is 59.6 Å². The standard InChI is InChI=1S/C37H39Cl2N3O8S/c1-37(25-7-5-4-6-8-25,36(44)50-33-22-42(46)15-13-23(33)14-16-42)40-19-26-10-12-34(51-26)35(43)49-31(18-27-28(38)20-41(45)21-29(27)39)24-9-11-30(47-2)32(17-24)48-3/h4-12,17,20-21,23,31,33,40H,13-16,18-19,22H2,1-3H3/t23?,31?,33-,37?,42?/m0/s1. The van der Waals surface area contributed by atoms with Crippen molar-refractivity contribution >= 4 is 46.5 Å². The molecule has 3 saturated heterocycles. The van der Waals surface area contributed by atoms with Gasteiger partial charge in [-0.3, -0.25) is 5.32 Å². The summed E-state index contributed by atoms with van der Waals surface area (Å²) in [6.45, 7) is 3.44. The Morgan fingerprint density at radius 2 is 1.71 bits per heavy atom. The van der Waals surface area contributed by atoms with Crippen LogP contribution >= 0.6 is 34.5 Å². The minimum absolute atomic E-state index is 0.0747. The normalized spacial score (nSPS) is 21.4.